The summed E-state index contributed by atoms with van der Waals surface area (Å²) in [5.74, 6) is 0.159. The van der Waals surface area contributed by atoms with Crippen molar-refractivity contribution in [3.05, 3.63) is 35.1 Å². The fraction of sp³-hybridized carbons (Fsp3) is 0.667. The van der Waals surface area contributed by atoms with Gasteiger partial charge in [0.1, 0.15) is 5.82 Å². The lowest BCUT2D eigenvalue weighted by Gasteiger charge is -2.48. The van der Waals surface area contributed by atoms with Crippen molar-refractivity contribution in [1.82, 2.24) is 9.80 Å². The van der Waals surface area contributed by atoms with Crippen LogP contribution in [-0.4, -0.2) is 55.6 Å². The molecule has 1 aromatic carbocycles. The molecule has 0 aromatic heterocycles. The molecule has 0 radical (unpaired) electrons. The Hall–Kier alpha value is -1.46. The van der Waals surface area contributed by atoms with Gasteiger partial charge in [-0.15, -0.1) is 0 Å². The second-order valence-electron chi connectivity index (χ2n) is 8.00. The first-order chi connectivity index (χ1) is 12.5. The molecule has 2 fully saturated rings. The molecule has 1 amide bonds. The zero-order valence-corrected chi connectivity index (χ0v) is 16.1. The van der Waals surface area contributed by atoms with E-state index in [2.05, 4.69) is 4.90 Å². The van der Waals surface area contributed by atoms with Gasteiger partial charge in [-0.25, -0.2) is 4.39 Å². The minimum Gasteiger partial charge on any atom is -0.385 e. The number of hydrogen-bond donors (Lipinski definition) is 0. The highest BCUT2D eigenvalue weighted by atomic mass is 19.1. The summed E-state index contributed by atoms with van der Waals surface area (Å²) in [6.45, 7) is 7.05. The summed E-state index contributed by atoms with van der Waals surface area (Å²) in [6.07, 6.45) is 4.85. The second-order valence-corrected chi connectivity index (χ2v) is 8.00. The van der Waals surface area contributed by atoms with Crippen LogP contribution in [0.1, 0.15) is 43.2 Å². The summed E-state index contributed by atoms with van der Waals surface area (Å²) in [5, 5.41) is 0. The summed E-state index contributed by atoms with van der Waals surface area (Å²) in [4.78, 5) is 16.8. The van der Waals surface area contributed by atoms with Crippen LogP contribution in [-0.2, 0) is 16.1 Å². The monoisotopic (exact) mass is 362 g/mol. The van der Waals surface area contributed by atoms with E-state index in [-0.39, 0.29) is 17.1 Å². The second kappa shape index (κ2) is 8.49. The highest BCUT2D eigenvalue weighted by molar-refractivity contribution is 5.77. The maximum absolute atomic E-state index is 13.9. The van der Waals surface area contributed by atoms with Crippen molar-refractivity contribution in [3.8, 4) is 0 Å². The Morgan fingerprint density at radius 2 is 2.12 bits per heavy atom. The number of methoxy groups -OCH3 is 1. The van der Waals surface area contributed by atoms with Crippen LogP contribution in [0.25, 0.3) is 0 Å². The van der Waals surface area contributed by atoms with Crippen LogP contribution in [0.2, 0.25) is 0 Å². The lowest BCUT2D eigenvalue weighted by molar-refractivity contribution is -0.139. The lowest BCUT2D eigenvalue weighted by atomic mass is 9.73. The van der Waals surface area contributed by atoms with Crippen molar-refractivity contribution >= 4 is 5.91 Å². The number of piperidine rings is 2. The summed E-state index contributed by atoms with van der Waals surface area (Å²) in [7, 11) is 1.70. The Kier molecular flexibility index (Phi) is 6.30. The largest absolute Gasteiger partial charge is 0.385 e. The van der Waals surface area contributed by atoms with E-state index in [1.807, 2.05) is 17.9 Å². The highest BCUT2D eigenvalue weighted by Gasteiger charge is 2.41. The summed E-state index contributed by atoms with van der Waals surface area (Å²) in [6, 6.07) is 5.36. The van der Waals surface area contributed by atoms with Crippen LogP contribution in [0, 0.1) is 18.2 Å². The van der Waals surface area contributed by atoms with E-state index in [1.54, 1.807) is 13.2 Å². The first kappa shape index (κ1) is 19.3. The van der Waals surface area contributed by atoms with Gasteiger partial charge in [0.2, 0.25) is 5.91 Å². The van der Waals surface area contributed by atoms with Crippen molar-refractivity contribution in [3.63, 3.8) is 0 Å². The molecule has 2 aliphatic rings. The first-order valence-corrected chi connectivity index (χ1v) is 9.76. The number of carbonyl (C=O) groups is 1. The molecule has 0 saturated carbocycles. The van der Waals surface area contributed by atoms with E-state index >= 15 is 0 Å². The Morgan fingerprint density at radius 3 is 2.92 bits per heavy atom. The molecular formula is C21H31FN2O2. The molecule has 1 aromatic rings. The summed E-state index contributed by atoms with van der Waals surface area (Å²) < 4.78 is 19.0. The van der Waals surface area contributed by atoms with Gasteiger partial charge in [-0.05, 0) is 56.3 Å². The quantitative estimate of drug-likeness (QED) is 0.728. The fourth-order valence-corrected chi connectivity index (χ4v) is 4.55. The number of halogens is 1. The third-order valence-corrected chi connectivity index (χ3v) is 6.04. The molecule has 2 saturated heterocycles. The standard InChI is InChI=1S/C21H31FN2O2/c1-17-18(6-3-7-19(17)22)14-23-11-4-9-21(15-23)10-8-20(25)24(16-21)12-5-13-26-2/h3,6-7H,4-5,8-16H2,1-2H3/t21-/m0/s1. The zero-order valence-electron chi connectivity index (χ0n) is 16.1. The average Bonchev–Trinajstić information content (AvgIpc) is 2.63. The van der Waals surface area contributed by atoms with Gasteiger partial charge in [-0.3, -0.25) is 9.69 Å². The van der Waals surface area contributed by atoms with Gasteiger partial charge in [-0.2, -0.15) is 0 Å². The maximum Gasteiger partial charge on any atom is 0.222 e. The van der Waals surface area contributed by atoms with Gasteiger partial charge in [0.25, 0.3) is 0 Å². The van der Waals surface area contributed by atoms with Gasteiger partial charge < -0.3 is 9.64 Å². The Bertz CT molecular complexity index is 636. The topological polar surface area (TPSA) is 32.8 Å². The van der Waals surface area contributed by atoms with Crippen molar-refractivity contribution in [2.45, 2.75) is 45.6 Å². The highest BCUT2D eigenvalue weighted by Crippen LogP contribution is 2.39. The first-order valence-electron chi connectivity index (χ1n) is 9.76. The Labute approximate surface area is 156 Å². The van der Waals surface area contributed by atoms with Crippen LogP contribution in [0.5, 0.6) is 0 Å². The lowest BCUT2D eigenvalue weighted by Crippen LogP contribution is -2.54. The summed E-state index contributed by atoms with van der Waals surface area (Å²) in [5.41, 5.74) is 2.03. The molecule has 0 unspecified atom stereocenters. The molecule has 2 heterocycles. The van der Waals surface area contributed by atoms with Crippen molar-refractivity contribution < 1.29 is 13.9 Å². The molecule has 2 aliphatic heterocycles. The molecule has 5 heteroatoms. The number of ether oxygens (including phenoxy) is 1. The minimum absolute atomic E-state index is 0.123. The van der Waals surface area contributed by atoms with Crippen LogP contribution < -0.4 is 0 Å². The molecule has 0 aliphatic carbocycles. The molecule has 1 atom stereocenters. The van der Waals surface area contributed by atoms with Gasteiger partial charge in [0, 0.05) is 51.7 Å². The average molecular weight is 362 g/mol. The van der Waals surface area contributed by atoms with Crippen molar-refractivity contribution in [2.24, 2.45) is 5.41 Å². The minimum atomic E-state index is -0.123. The van der Waals surface area contributed by atoms with E-state index in [4.69, 9.17) is 4.74 Å². The van der Waals surface area contributed by atoms with Gasteiger partial charge in [0.05, 0.1) is 0 Å². The van der Waals surface area contributed by atoms with Gasteiger partial charge in [0.15, 0.2) is 0 Å². The van der Waals surface area contributed by atoms with Crippen molar-refractivity contribution in [2.75, 3.05) is 39.9 Å². The SMILES string of the molecule is COCCCN1C[C@@]2(CCCN(Cc3cccc(F)c3C)C2)CCC1=O. The van der Waals surface area contributed by atoms with Crippen LogP contribution in [0.3, 0.4) is 0 Å². The Balaban J connectivity index is 1.65. The number of amides is 1. The van der Waals surface area contributed by atoms with Crippen LogP contribution in [0.4, 0.5) is 4.39 Å². The number of nitrogens with zero attached hydrogens (tertiary/aromatic N) is 2. The maximum atomic E-state index is 13.9. The predicted octanol–water partition coefficient (Wildman–Crippen LogP) is 3.38. The number of carbonyl (C=O) groups excluding carboxylic acids is 1. The van der Waals surface area contributed by atoms with E-state index in [0.29, 0.717) is 13.0 Å². The predicted molar refractivity (Wildman–Crippen MR) is 100 cm³/mol. The van der Waals surface area contributed by atoms with Crippen molar-refractivity contribution in [1.29, 1.82) is 0 Å². The van der Waals surface area contributed by atoms with E-state index in [0.717, 1.165) is 63.1 Å². The molecule has 0 N–H and O–H groups in total. The molecule has 144 valence electrons. The number of benzene rings is 1. The molecule has 26 heavy (non-hydrogen) atoms. The number of hydrogen-bond acceptors (Lipinski definition) is 3. The normalized spacial score (nSPS) is 24.4. The molecule has 4 nitrogen and oxygen atoms in total. The van der Waals surface area contributed by atoms with Crippen LogP contribution in [0.15, 0.2) is 18.2 Å². The molecule has 1 spiro atoms. The van der Waals surface area contributed by atoms with E-state index < -0.39 is 0 Å². The smallest absolute Gasteiger partial charge is 0.222 e. The number of rotatable bonds is 6. The third-order valence-electron chi connectivity index (χ3n) is 6.04. The van der Waals surface area contributed by atoms with Gasteiger partial charge in [-0.1, -0.05) is 12.1 Å². The van der Waals surface area contributed by atoms with Crippen LogP contribution >= 0.6 is 0 Å². The Morgan fingerprint density at radius 1 is 1.27 bits per heavy atom. The van der Waals surface area contributed by atoms with E-state index in [1.165, 1.54) is 12.5 Å². The fourth-order valence-electron chi connectivity index (χ4n) is 4.55. The zero-order chi connectivity index (χ0) is 18.6. The number of likely N-dealkylation sites (tertiary alicyclic amines) is 2. The van der Waals surface area contributed by atoms with Gasteiger partial charge >= 0.3 is 0 Å². The summed E-state index contributed by atoms with van der Waals surface area (Å²) >= 11 is 0. The molecule has 0 bridgehead atoms. The third kappa shape index (κ3) is 4.44. The molecule has 3 rings (SSSR count). The molecular weight excluding hydrogens is 331 g/mol. The van der Waals surface area contributed by atoms with E-state index in [9.17, 15) is 9.18 Å².